The molecule has 0 aliphatic carbocycles. The van der Waals surface area contributed by atoms with Gasteiger partial charge in [-0.15, -0.1) is 0 Å². The monoisotopic (exact) mass is 323 g/mol. The molecule has 0 aromatic heterocycles. The van der Waals surface area contributed by atoms with Crippen molar-refractivity contribution in [1.82, 2.24) is 4.90 Å². The van der Waals surface area contributed by atoms with E-state index in [1.807, 2.05) is 27.7 Å². The number of rotatable bonds is 3. The number of nitrogens with zero attached hydrogens (tertiary/aromatic N) is 1. The largest absolute Gasteiger partial charge is 0.444 e. The van der Waals surface area contributed by atoms with Crippen molar-refractivity contribution in [2.45, 2.75) is 58.3 Å². The van der Waals surface area contributed by atoms with Crippen molar-refractivity contribution in [2.24, 2.45) is 0 Å². The molecule has 1 fully saturated rings. The van der Waals surface area contributed by atoms with Gasteiger partial charge in [0.2, 0.25) is 0 Å². The summed E-state index contributed by atoms with van der Waals surface area (Å²) in [5, 5.41) is 0. The topological polar surface area (TPSA) is 38.8 Å². The number of carbonyl (C=O) groups is 1. The first-order valence-electron chi connectivity index (χ1n) is 8.04. The van der Waals surface area contributed by atoms with Gasteiger partial charge < -0.3 is 14.4 Å². The van der Waals surface area contributed by atoms with Crippen LogP contribution in [-0.2, 0) is 16.1 Å². The van der Waals surface area contributed by atoms with Crippen LogP contribution in [0.15, 0.2) is 24.3 Å². The maximum Gasteiger partial charge on any atom is 0.410 e. The van der Waals surface area contributed by atoms with Crippen molar-refractivity contribution in [3.63, 3.8) is 0 Å². The van der Waals surface area contributed by atoms with Crippen molar-refractivity contribution in [1.29, 1.82) is 0 Å². The quantitative estimate of drug-likeness (QED) is 0.839. The number of hydrogen-bond donors (Lipinski definition) is 0. The molecule has 0 N–H and O–H groups in total. The van der Waals surface area contributed by atoms with Crippen LogP contribution >= 0.6 is 0 Å². The van der Waals surface area contributed by atoms with Gasteiger partial charge in [0.15, 0.2) is 0 Å². The fourth-order valence-electron chi connectivity index (χ4n) is 2.50. The summed E-state index contributed by atoms with van der Waals surface area (Å²) in [6.07, 6.45) is 1.13. The summed E-state index contributed by atoms with van der Waals surface area (Å²) < 4.78 is 25.0. The molecule has 0 atom stereocenters. The van der Waals surface area contributed by atoms with Crippen molar-refractivity contribution < 1.29 is 18.7 Å². The van der Waals surface area contributed by atoms with Gasteiger partial charge >= 0.3 is 6.09 Å². The predicted molar refractivity (Wildman–Crippen MR) is 86.6 cm³/mol. The molecule has 1 aliphatic rings. The zero-order valence-corrected chi connectivity index (χ0v) is 14.4. The SMILES string of the molecule is CC(C)(C)OC(=O)N1CCC(C)(OCc2ccccc2F)CC1. The molecule has 128 valence electrons. The third-order valence-electron chi connectivity index (χ3n) is 4.01. The summed E-state index contributed by atoms with van der Waals surface area (Å²) in [4.78, 5) is 13.8. The highest BCUT2D eigenvalue weighted by molar-refractivity contribution is 5.68. The van der Waals surface area contributed by atoms with Crippen LogP contribution in [0.5, 0.6) is 0 Å². The third-order valence-corrected chi connectivity index (χ3v) is 4.01. The molecule has 1 heterocycles. The van der Waals surface area contributed by atoms with Gasteiger partial charge in [-0.3, -0.25) is 0 Å². The average Bonchev–Trinajstić information content (AvgIpc) is 2.45. The Labute approximate surface area is 137 Å². The molecule has 1 aromatic rings. The molecule has 0 bridgehead atoms. The summed E-state index contributed by atoms with van der Waals surface area (Å²) >= 11 is 0. The van der Waals surface area contributed by atoms with E-state index in [2.05, 4.69) is 0 Å². The first-order chi connectivity index (χ1) is 10.7. The molecule has 0 spiro atoms. The lowest BCUT2D eigenvalue weighted by atomic mass is 9.93. The summed E-state index contributed by atoms with van der Waals surface area (Å²) in [6, 6.07) is 6.63. The first-order valence-corrected chi connectivity index (χ1v) is 8.04. The normalized spacial score (nSPS) is 17.9. The van der Waals surface area contributed by atoms with Crippen LogP contribution in [0.4, 0.5) is 9.18 Å². The van der Waals surface area contributed by atoms with E-state index in [-0.39, 0.29) is 24.1 Å². The Morgan fingerprint density at radius 1 is 1.26 bits per heavy atom. The highest BCUT2D eigenvalue weighted by Gasteiger charge is 2.34. The first kappa shape index (κ1) is 17.7. The Bertz CT molecular complexity index is 545. The Morgan fingerprint density at radius 3 is 2.43 bits per heavy atom. The molecule has 0 radical (unpaired) electrons. The average molecular weight is 323 g/mol. The highest BCUT2D eigenvalue weighted by Crippen LogP contribution is 2.28. The minimum Gasteiger partial charge on any atom is -0.444 e. The molecule has 4 nitrogen and oxygen atoms in total. The Kier molecular flexibility index (Phi) is 5.30. The minimum absolute atomic E-state index is 0.246. The summed E-state index contributed by atoms with van der Waals surface area (Å²) in [5.74, 6) is -0.248. The fourth-order valence-corrected chi connectivity index (χ4v) is 2.50. The van der Waals surface area contributed by atoms with Crippen molar-refractivity contribution in [2.75, 3.05) is 13.1 Å². The summed E-state index contributed by atoms with van der Waals surface area (Å²) in [5.41, 5.74) is -0.275. The lowest BCUT2D eigenvalue weighted by Gasteiger charge is -2.39. The van der Waals surface area contributed by atoms with Crippen LogP contribution in [0, 0.1) is 5.82 Å². The van der Waals surface area contributed by atoms with E-state index in [0.717, 1.165) is 0 Å². The highest BCUT2D eigenvalue weighted by atomic mass is 19.1. The molecular formula is C18H26FNO3. The van der Waals surface area contributed by atoms with E-state index in [1.165, 1.54) is 6.07 Å². The second kappa shape index (κ2) is 6.87. The number of hydrogen-bond acceptors (Lipinski definition) is 3. The fraction of sp³-hybridized carbons (Fsp3) is 0.611. The number of carbonyl (C=O) groups excluding carboxylic acids is 1. The standard InChI is InChI=1S/C18H26FNO3/c1-17(2,3)23-16(21)20-11-9-18(4,10-12-20)22-13-14-7-5-6-8-15(14)19/h5-8H,9-13H2,1-4H3. The van der Waals surface area contributed by atoms with Gasteiger partial charge in [0.25, 0.3) is 0 Å². The zero-order valence-electron chi connectivity index (χ0n) is 14.4. The lowest BCUT2D eigenvalue weighted by molar-refractivity contribution is -0.0818. The van der Waals surface area contributed by atoms with E-state index in [1.54, 1.807) is 23.1 Å². The summed E-state index contributed by atoms with van der Waals surface area (Å²) in [7, 11) is 0. The van der Waals surface area contributed by atoms with Gasteiger partial charge in [-0.1, -0.05) is 18.2 Å². The zero-order chi connectivity index (χ0) is 17.1. The lowest BCUT2D eigenvalue weighted by Crippen LogP contribution is -2.47. The van der Waals surface area contributed by atoms with Crippen molar-refractivity contribution in [3.05, 3.63) is 35.6 Å². The van der Waals surface area contributed by atoms with Gasteiger partial charge in [0, 0.05) is 18.7 Å². The van der Waals surface area contributed by atoms with Gasteiger partial charge in [-0.05, 0) is 46.6 Å². The van der Waals surface area contributed by atoms with Gasteiger partial charge in [-0.2, -0.15) is 0 Å². The van der Waals surface area contributed by atoms with Crippen LogP contribution in [-0.4, -0.2) is 35.3 Å². The molecule has 1 aliphatic heterocycles. The van der Waals surface area contributed by atoms with E-state index in [0.29, 0.717) is 31.5 Å². The second-order valence-electron chi connectivity index (χ2n) is 7.30. The van der Waals surface area contributed by atoms with E-state index in [4.69, 9.17) is 9.47 Å². The number of piperidine rings is 1. The molecule has 1 saturated heterocycles. The van der Waals surface area contributed by atoms with Crippen LogP contribution in [0.1, 0.15) is 46.1 Å². The summed E-state index contributed by atoms with van der Waals surface area (Å²) in [6.45, 7) is 9.00. The maximum atomic E-state index is 13.6. The number of benzene rings is 1. The van der Waals surface area contributed by atoms with Crippen LogP contribution in [0.2, 0.25) is 0 Å². The van der Waals surface area contributed by atoms with Crippen LogP contribution in [0.3, 0.4) is 0 Å². The number of amides is 1. The third kappa shape index (κ3) is 5.20. The Hall–Kier alpha value is -1.62. The van der Waals surface area contributed by atoms with Gasteiger partial charge in [-0.25, -0.2) is 9.18 Å². The van der Waals surface area contributed by atoms with Crippen molar-refractivity contribution in [3.8, 4) is 0 Å². The Balaban J connectivity index is 1.85. The predicted octanol–water partition coefficient (Wildman–Crippen LogP) is 4.13. The Morgan fingerprint density at radius 2 is 1.87 bits per heavy atom. The smallest absolute Gasteiger partial charge is 0.410 e. The van der Waals surface area contributed by atoms with E-state index < -0.39 is 5.60 Å². The maximum absolute atomic E-state index is 13.6. The molecular weight excluding hydrogens is 297 g/mol. The molecule has 23 heavy (non-hydrogen) atoms. The van der Waals surface area contributed by atoms with Gasteiger partial charge in [0.1, 0.15) is 11.4 Å². The van der Waals surface area contributed by atoms with Crippen molar-refractivity contribution >= 4 is 6.09 Å². The molecule has 2 rings (SSSR count). The number of likely N-dealkylation sites (tertiary alicyclic amines) is 1. The molecule has 0 unspecified atom stereocenters. The minimum atomic E-state index is -0.487. The molecule has 1 amide bonds. The second-order valence-corrected chi connectivity index (χ2v) is 7.30. The van der Waals surface area contributed by atoms with Crippen LogP contribution in [0.25, 0.3) is 0 Å². The molecule has 1 aromatic carbocycles. The van der Waals surface area contributed by atoms with Gasteiger partial charge in [0.05, 0.1) is 12.2 Å². The van der Waals surface area contributed by atoms with E-state index in [9.17, 15) is 9.18 Å². The number of halogens is 1. The van der Waals surface area contributed by atoms with Crippen LogP contribution < -0.4 is 0 Å². The molecule has 5 heteroatoms. The number of ether oxygens (including phenoxy) is 2. The van der Waals surface area contributed by atoms with E-state index >= 15 is 0 Å². The molecule has 0 saturated carbocycles.